The summed E-state index contributed by atoms with van der Waals surface area (Å²) in [6.45, 7) is 8.23. The molecule has 1 aromatic heterocycles. The molecule has 0 aliphatic carbocycles. The molecular weight excluding hydrogens is 344 g/mol. The van der Waals surface area contributed by atoms with E-state index in [1.54, 1.807) is 5.38 Å². The van der Waals surface area contributed by atoms with Crippen LogP contribution < -0.4 is 4.72 Å². The highest BCUT2D eigenvalue weighted by molar-refractivity contribution is 7.92. The average Bonchev–Trinajstić information content (AvgIpc) is 2.96. The summed E-state index contributed by atoms with van der Waals surface area (Å²) in [7, 11) is -3.89. The van der Waals surface area contributed by atoms with Crippen molar-refractivity contribution in [3.05, 3.63) is 46.5 Å². The Morgan fingerprint density at radius 3 is 2.33 bits per heavy atom. The number of carbonyl (C=O) groups excluding carboxylic acids is 1. The normalized spacial score (nSPS) is 12.2. The van der Waals surface area contributed by atoms with Gasteiger partial charge in [-0.25, -0.2) is 9.71 Å². The van der Waals surface area contributed by atoms with Crippen LogP contribution in [0.2, 0.25) is 0 Å². The molecule has 1 amide bonds. The molecule has 0 unspecified atom stereocenters. The summed E-state index contributed by atoms with van der Waals surface area (Å²) in [6.07, 6.45) is 0.662. The van der Waals surface area contributed by atoms with Crippen molar-refractivity contribution in [3.8, 4) is 0 Å². The van der Waals surface area contributed by atoms with Gasteiger partial charge in [-0.2, -0.15) is 8.42 Å². The van der Waals surface area contributed by atoms with Crippen LogP contribution in [-0.4, -0.2) is 19.3 Å². The number of aryl methyl sites for hydroxylation is 1. The Balaban J connectivity index is 2.05. The quantitative estimate of drug-likeness (QED) is 0.882. The first kappa shape index (κ1) is 18.6. The molecule has 7 heteroatoms. The summed E-state index contributed by atoms with van der Waals surface area (Å²) in [5.74, 6) is -0.563. The molecule has 1 N–H and O–H groups in total. The van der Waals surface area contributed by atoms with Gasteiger partial charge in [0, 0.05) is 5.38 Å². The predicted molar refractivity (Wildman–Crippen MR) is 95.7 cm³/mol. The van der Waals surface area contributed by atoms with Crippen molar-refractivity contribution in [2.45, 2.75) is 50.3 Å². The molecule has 0 saturated heterocycles. The second-order valence-electron chi connectivity index (χ2n) is 6.61. The highest BCUT2D eigenvalue weighted by atomic mass is 32.2. The third kappa shape index (κ3) is 4.64. The fourth-order valence-electron chi connectivity index (χ4n) is 2.11. The molecule has 1 heterocycles. The van der Waals surface area contributed by atoms with Crippen LogP contribution in [0.3, 0.4) is 0 Å². The average molecular weight is 367 g/mol. The van der Waals surface area contributed by atoms with Crippen LogP contribution in [0.25, 0.3) is 0 Å². The molecule has 1 aromatic carbocycles. The maximum atomic E-state index is 12.2. The predicted octanol–water partition coefficient (Wildman–Crippen LogP) is 3.05. The summed E-state index contributed by atoms with van der Waals surface area (Å²) in [5.41, 5.74) is 2.66. The fourth-order valence-corrected chi connectivity index (χ4v) is 4.21. The van der Waals surface area contributed by atoms with Crippen LogP contribution in [-0.2, 0) is 33.1 Å². The fraction of sp³-hybridized carbons (Fsp3) is 0.412. The zero-order valence-corrected chi connectivity index (χ0v) is 15.9. The minimum Gasteiger partial charge on any atom is -0.274 e. The largest absolute Gasteiger partial charge is 0.291 e. The maximum absolute atomic E-state index is 12.2. The summed E-state index contributed by atoms with van der Waals surface area (Å²) in [4.78, 5) is 16.1. The molecule has 0 spiro atoms. The minimum absolute atomic E-state index is 0.00959. The first-order valence-corrected chi connectivity index (χ1v) is 10.1. The molecule has 24 heavy (non-hydrogen) atoms. The Hall–Kier alpha value is -1.73. The van der Waals surface area contributed by atoms with E-state index in [-0.39, 0.29) is 16.2 Å². The highest BCUT2D eigenvalue weighted by Gasteiger charge is 2.21. The van der Waals surface area contributed by atoms with Crippen LogP contribution in [0.5, 0.6) is 0 Å². The summed E-state index contributed by atoms with van der Waals surface area (Å²) in [6, 6.07) is 7.63. The van der Waals surface area contributed by atoms with Gasteiger partial charge in [0.15, 0.2) is 0 Å². The molecule has 2 rings (SSSR count). The van der Waals surface area contributed by atoms with Crippen molar-refractivity contribution in [2.75, 3.05) is 0 Å². The van der Waals surface area contributed by atoms with Crippen LogP contribution in [0.4, 0.5) is 0 Å². The SMILES string of the molecule is CCc1csc(S(=O)(=O)NC(=O)Cc2ccc(C(C)(C)C)cc2)n1. The zero-order valence-electron chi connectivity index (χ0n) is 14.3. The lowest BCUT2D eigenvalue weighted by Gasteiger charge is -2.19. The number of nitrogens with zero attached hydrogens (tertiary/aromatic N) is 1. The molecule has 0 radical (unpaired) electrons. The minimum atomic E-state index is -3.89. The Bertz CT molecular complexity index is 816. The van der Waals surface area contributed by atoms with Crippen molar-refractivity contribution in [1.29, 1.82) is 0 Å². The molecule has 0 aliphatic rings. The van der Waals surface area contributed by atoms with E-state index in [0.29, 0.717) is 12.1 Å². The van der Waals surface area contributed by atoms with Crippen molar-refractivity contribution < 1.29 is 13.2 Å². The third-order valence-electron chi connectivity index (χ3n) is 3.56. The maximum Gasteiger partial charge on any atom is 0.291 e. The topological polar surface area (TPSA) is 76.1 Å². The van der Waals surface area contributed by atoms with E-state index in [0.717, 1.165) is 22.5 Å². The number of amides is 1. The number of nitrogens with one attached hydrogen (secondary N) is 1. The summed E-state index contributed by atoms with van der Waals surface area (Å²) >= 11 is 1.02. The number of hydrogen-bond donors (Lipinski definition) is 1. The number of thiazole rings is 1. The standard InChI is InChI=1S/C17H22N2O3S2/c1-5-14-11-23-16(18-14)24(21,22)19-15(20)10-12-6-8-13(9-7-12)17(2,3)4/h6-9,11H,5,10H2,1-4H3,(H,19,20). The Morgan fingerprint density at radius 2 is 1.83 bits per heavy atom. The van der Waals surface area contributed by atoms with Gasteiger partial charge in [0.05, 0.1) is 12.1 Å². The van der Waals surface area contributed by atoms with E-state index >= 15 is 0 Å². The Morgan fingerprint density at radius 1 is 1.21 bits per heavy atom. The van der Waals surface area contributed by atoms with Gasteiger partial charge < -0.3 is 0 Å². The van der Waals surface area contributed by atoms with Gasteiger partial charge in [0.25, 0.3) is 10.0 Å². The van der Waals surface area contributed by atoms with E-state index in [2.05, 4.69) is 30.5 Å². The third-order valence-corrected chi connectivity index (χ3v) is 6.23. The lowest BCUT2D eigenvalue weighted by atomic mass is 9.86. The van der Waals surface area contributed by atoms with Gasteiger partial charge in [0.1, 0.15) is 0 Å². The monoisotopic (exact) mass is 366 g/mol. The zero-order chi connectivity index (χ0) is 18.0. The van der Waals surface area contributed by atoms with Gasteiger partial charge in [-0.3, -0.25) is 4.79 Å². The number of benzene rings is 1. The number of aromatic nitrogens is 1. The van der Waals surface area contributed by atoms with Crippen molar-refractivity contribution in [3.63, 3.8) is 0 Å². The molecule has 0 aliphatic heterocycles. The smallest absolute Gasteiger partial charge is 0.274 e. The number of carbonyl (C=O) groups is 1. The molecule has 0 saturated carbocycles. The molecule has 130 valence electrons. The number of sulfonamides is 1. The van der Waals surface area contributed by atoms with Gasteiger partial charge in [-0.1, -0.05) is 52.0 Å². The first-order valence-electron chi connectivity index (χ1n) is 7.71. The molecule has 0 bridgehead atoms. The van der Waals surface area contributed by atoms with Gasteiger partial charge in [0.2, 0.25) is 10.2 Å². The van der Waals surface area contributed by atoms with Gasteiger partial charge >= 0.3 is 0 Å². The lowest BCUT2D eigenvalue weighted by Crippen LogP contribution is -2.31. The molecule has 0 atom stereocenters. The van der Waals surface area contributed by atoms with Crippen molar-refractivity contribution in [1.82, 2.24) is 9.71 Å². The van der Waals surface area contributed by atoms with Crippen LogP contribution in [0, 0.1) is 0 Å². The van der Waals surface area contributed by atoms with E-state index in [4.69, 9.17) is 0 Å². The molecule has 5 nitrogen and oxygen atoms in total. The van der Waals surface area contributed by atoms with E-state index < -0.39 is 15.9 Å². The summed E-state index contributed by atoms with van der Waals surface area (Å²) < 4.78 is 26.3. The van der Waals surface area contributed by atoms with Crippen molar-refractivity contribution >= 4 is 27.3 Å². The van der Waals surface area contributed by atoms with E-state index in [9.17, 15) is 13.2 Å². The Labute approximate surface area is 147 Å². The number of hydrogen-bond acceptors (Lipinski definition) is 5. The van der Waals surface area contributed by atoms with Crippen LogP contribution >= 0.6 is 11.3 Å². The van der Waals surface area contributed by atoms with Crippen LogP contribution in [0.1, 0.15) is 44.5 Å². The lowest BCUT2D eigenvalue weighted by molar-refractivity contribution is -0.118. The van der Waals surface area contributed by atoms with Gasteiger partial charge in [-0.05, 0) is 23.0 Å². The van der Waals surface area contributed by atoms with E-state index in [1.165, 1.54) is 0 Å². The van der Waals surface area contributed by atoms with Crippen LogP contribution in [0.15, 0.2) is 34.0 Å². The first-order chi connectivity index (χ1) is 11.1. The van der Waals surface area contributed by atoms with Gasteiger partial charge in [-0.15, -0.1) is 11.3 Å². The Kier molecular flexibility index (Phi) is 5.45. The van der Waals surface area contributed by atoms with Crippen molar-refractivity contribution in [2.24, 2.45) is 0 Å². The number of rotatable bonds is 5. The summed E-state index contributed by atoms with van der Waals surface area (Å²) in [5, 5.41) is 1.68. The highest BCUT2D eigenvalue weighted by Crippen LogP contribution is 2.22. The second kappa shape index (κ2) is 7.03. The second-order valence-corrected chi connectivity index (χ2v) is 9.32. The van der Waals surface area contributed by atoms with E-state index in [1.807, 2.05) is 31.2 Å². The molecule has 0 fully saturated rings. The molecular formula is C17H22N2O3S2. The molecule has 2 aromatic rings.